The van der Waals surface area contributed by atoms with Crippen LogP contribution in [0.1, 0.15) is 51.9 Å². The summed E-state index contributed by atoms with van der Waals surface area (Å²) in [6, 6.07) is 0. The molecule has 3 saturated heterocycles. The smallest absolute Gasteiger partial charge is 0.547 e. The Kier molecular flexibility index (Phi) is 15.0. The fourth-order valence-corrected chi connectivity index (χ4v) is 6.21. The molecule has 4 aliphatic rings. The molecular formula is C27H45NaO15. The van der Waals surface area contributed by atoms with Gasteiger partial charge in [-0.05, 0) is 25.7 Å². The molecule has 4 fully saturated rings. The number of hydrogen-bond acceptors (Lipinski definition) is 15. The molecule has 15 nitrogen and oxygen atoms in total. The van der Waals surface area contributed by atoms with Crippen LogP contribution in [0.2, 0.25) is 0 Å². The molecule has 14 atom stereocenters. The summed E-state index contributed by atoms with van der Waals surface area (Å²) in [6.45, 7) is 0.357. The maximum Gasteiger partial charge on any atom is 1.00 e. The van der Waals surface area contributed by atoms with E-state index in [1.165, 1.54) is 6.92 Å². The van der Waals surface area contributed by atoms with Gasteiger partial charge in [0.25, 0.3) is 0 Å². The van der Waals surface area contributed by atoms with E-state index in [2.05, 4.69) is 0 Å². The second kappa shape index (κ2) is 17.2. The molecule has 3 heterocycles. The minimum Gasteiger partial charge on any atom is -0.547 e. The van der Waals surface area contributed by atoms with E-state index in [0.29, 0.717) is 0 Å². The molecule has 16 heteroatoms. The van der Waals surface area contributed by atoms with Gasteiger partial charge in [-0.3, -0.25) is 0 Å². The van der Waals surface area contributed by atoms with Gasteiger partial charge in [-0.25, -0.2) is 0 Å². The van der Waals surface area contributed by atoms with E-state index in [4.69, 9.17) is 28.4 Å². The summed E-state index contributed by atoms with van der Waals surface area (Å²) in [7, 11) is 0. The third kappa shape index (κ3) is 9.06. The van der Waals surface area contributed by atoms with Crippen molar-refractivity contribution in [2.24, 2.45) is 5.92 Å². The standard InChI is InChI=1S/C27H46O15.Na/c1-12-18(30)20(32)21(33)26(38-12)42-23-14(7-8-37-17(23)11-29)40-27-22(34)24(19(31)16(10-28)41-27)39-15(25(35)36)9-13-5-3-2-4-6-13;/h12-24,26-34H,2-11H2,1H3,(H,35,36);/q;+1/p-1/t12-,14+,15-,16-,17-,18+,19-,20-,21-,22-,23-,24-,26-,27+;/m0./s1. The van der Waals surface area contributed by atoms with Crippen molar-refractivity contribution < 1.29 is 104 Å². The van der Waals surface area contributed by atoms with E-state index in [1.54, 1.807) is 0 Å². The van der Waals surface area contributed by atoms with Gasteiger partial charge in [-0.15, -0.1) is 0 Å². The summed E-state index contributed by atoms with van der Waals surface area (Å²) in [5.74, 6) is -1.40. The van der Waals surface area contributed by atoms with E-state index in [1.807, 2.05) is 0 Å². The van der Waals surface area contributed by atoms with Crippen LogP contribution < -0.4 is 34.7 Å². The predicted molar refractivity (Wildman–Crippen MR) is 136 cm³/mol. The van der Waals surface area contributed by atoms with Crippen molar-refractivity contribution in [3.8, 4) is 0 Å². The molecule has 1 aliphatic carbocycles. The quantitative estimate of drug-likeness (QED) is 0.105. The van der Waals surface area contributed by atoms with Gasteiger partial charge in [0.1, 0.15) is 54.9 Å². The Labute approximate surface area is 272 Å². The second-order valence-corrected chi connectivity index (χ2v) is 11.7. The molecule has 4 rings (SSSR count). The summed E-state index contributed by atoms with van der Waals surface area (Å²) in [5, 5.41) is 84.4. The van der Waals surface area contributed by atoms with Gasteiger partial charge in [-0.1, -0.05) is 32.1 Å². The summed E-state index contributed by atoms with van der Waals surface area (Å²) >= 11 is 0. The van der Waals surface area contributed by atoms with E-state index in [-0.39, 0.29) is 54.9 Å². The third-order valence-corrected chi connectivity index (χ3v) is 8.73. The van der Waals surface area contributed by atoms with Gasteiger partial charge in [0.2, 0.25) is 0 Å². The number of aliphatic hydroxyl groups is 7. The zero-order valence-corrected chi connectivity index (χ0v) is 26.6. The van der Waals surface area contributed by atoms with Gasteiger partial charge in [0.05, 0.1) is 37.5 Å². The Morgan fingerprint density at radius 2 is 1.47 bits per heavy atom. The number of carboxylic acids is 1. The summed E-state index contributed by atoms with van der Waals surface area (Å²) in [5.41, 5.74) is 0. The van der Waals surface area contributed by atoms with Gasteiger partial charge >= 0.3 is 29.6 Å². The van der Waals surface area contributed by atoms with Crippen molar-refractivity contribution in [3.05, 3.63) is 0 Å². The van der Waals surface area contributed by atoms with Crippen LogP contribution in [-0.2, 0) is 33.2 Å². The molecule has 0 radical (unpaired) electrons. The SMILES string of the molecule is C[C@@H]1O[C@@H](O[C@@H]2[C@H](CO)OCC[C@H]2O[C@@H]2O[C@@H](CO)[C@H](O)[C@H](O[C@@H](CC3CCCCC3)C(=O)[O-])[C@@H]2O)[C@@H](O)[C@@H](O)[C@@H]1O.[Na+]. The van der Waals surface area contributed by atoms with Gasteiger partial charge < -0.3 is 74.1 Å². The second-order valence-electron chi connectivity index (χ2n) is 11.7. The molecule has 1 saturated carbocycles. The number of carbonyl (C=O) groups is 1. The van der Waals surface area contributed by atoms with Gasteiger partial charge in [0, 0.05) is 6.61 Å². The molecule has 0 bridgehead atoms. The minimum atomic E-state index is -1.71. The fourth-order valence-electron chi connectivity index (χ4n) is 6.21. The first kappa shape index (κ1) is 37.4. The summed E-state index contributed by atoms with van der Waals surface area (Å²) < 4.78 is 34.4. The minimum absolute atomic E-state index is 0. The van der Waals surface area contributed by atoms with Crippen LogP contribution in [0, 0.1) is 5.92 Å². The maximum atomic E-state index is 12.0. The summed E-state index contributed by atoms with van der Waals surface area (Å²) in [6.07, 6.45) is -14.1. The average molecular weight is 633 g/mol. The Hall–Kier alpha value is -0.0500. The Morgan fingerprint density at radius 1 is 0.814 bits per heavy atom. The van der Waals surface area contributed by atoms with Crippen LogP contribution in [0.3, 0.4) is 0 Å². The molecule has 7 N–H and O–H groups in total. The first-order chi connectivity index (χ1) is 20.0. The fraction of sp³-hybridized carbons (Fsp3) is 0.963. The van der Waals surface area contributed by atoms with E-state index in [0.717, 1.165) is 32.1 Å². The van der Waals surface area contributed by atoms with Crippen molar-refractivity contribution >= 4 is 5.97 Å². The Balaban J connectivity index is 0.00000506. The topological polar surface area (TPSA) is 237 Å². The van der Waals surface area contributed by atoms with E-state index < -0.39 is 105 Å². The maximum absolute atomic E-state index is 12.0. The Bertz CT molecular complexity index is 849. The van der Waals surface area contributed by atoms with Crippen LogP contribution in [-0.4, -0.2) is 147 Å². The van der Waals surface area contributed by atoms with Gasteiger partial charge in [0.15, 0.2) is 12.6 Å². The number of carbonyl (C=O) groups excluding carboxylic acids is 1. The van der Waals surface area contributed by atoms with Crippen molar-refractivity contribution in [2.45, 2.75) is 138 Å². The molecule has 0 unspecified atom stereocenters. The van der Waals surface area contributed by atoms with Crippen LogP contribution in [0.15, 0.2) is 0 Å². The molecule has 43 heavy (non-hydrogen) atoms. The monoisotopic (exact) mass is 632 g/mol. The molecule has 0 aromatic heterocycles. The number of carboxylic acid groups (broad SMARTS) is 1. The zero-order valence-electron chi connectivity index (χ0n) is 24.6. The van der Waals surface area contributed by atoms with E-state index in [9.17, 15) is 45.6 Å². The van der Waals surface area contributed by atoms with Gasteiger partial charge in [-0.2, -0.15) is 0 Å². The molecule has 0 amide bonds. The van der Waals surface area contributed by atoms with Crippen LogP contribution in [0.25, 0.3) is 0 Å². The number of aliphatic hydroxyl groups excluding tert-OH is 7. The largest absolute Gasteiger partial charge is 1.00 e. The normalized spacial score (nSPS) is 43.5. The van der Waals surface area contributed by atoms with Crippen molar-refractivity contribution in [1.82, 2.24) is 0 Å². The van der Waals surface area contributed by atoms with Crippen molar-refractivity contribution in [2.75, 3.05) is 19.8 Å². The predicted octanol–water partition coefficient (Wildman–Crippen LogP) is -6.72. The molecule has 244 valence electrons. The van der Waals surface area contributed by atoms with E-state index >= 15 is 0 Å². The molecule has 0 spiro atoms. The molecule has 0 aromatic rings. The average Bonchev–Trinajstić information content (AvgIpc) is 2.98. The van der Waals surface area contributed by atoms with Crippen LogP contribution >= 0.6 is 0 Å². The van der Waals surface area contributed by atoms with Crippen LogP contribution in [0.4, 0.5) is 0 Å². The first-order valence-corrected chi connectivity index (χ1v) is 14.8. The summed E-state index contributed by atoms with van der Waals surface area (Å²) in [4.78, 5) is 12.0. The molecule has 3 aliphatic heterocycles. The van der Waals surface area contributed by atoms with Crippen molar-refractivity contribution in [3.63, 3.8) is 0 Å². The molecule has 0 aromatic carbocycles. The number of aliphatic carboxylic acids is 1. The van der Waals surface area contributed by atoms with Crippen LogP contribution in [0.5, 0.6) is 0 Å². The Morgan fingerprint density at radius 3 is 2.09 bits per heavy atom. The molecular weight excluding hydrogens is 587 g/mol. The zero-order chi connectivity index (χ0) is 30.6. The third-order valence-electron chi connectivity index (χ3n) is 8.73. The number of ether oxygens (including phenoxy) is 6. The number of hydrogen-bond donors (Lipinski definition) is 7. The first-order valence-electron chi connectivity index (χ1n) is 14.8. The number of rotatable bonds is 11. The van der Waals surface area contributed by atoms with Crippen molar-refractivity contribution in [1.29, 1.82) is 0 Å².